The van der Waals surface area contributed by atoms with Crippen molar-refractivity contribution in [1.82, 2.24) is 4.90 Å². The zero-order valence-electron chi connectivity index (χ0n) is 14.5. The largest absolute Gasteiger partial charge is 0.466 e. The van der Waals surface area contributed by atoms with Crippen LogP contribution in [0.5, 0.6) is 0 Å². The van der Waals surface area contributed by atoms with Gasteiger partial charge in [0.2, 0.25) is 0 Å². The Kier molecular flexibility index (Phi) is 5.76. The first-order valence-electron chi connectivity index (χ1n) is 8.63. The third kappa shape index (κ3) is 3.97. The Bertz CT molecular complexity index is 847. The number of hydrogen-bond donors (Lipinski definition) is 0. The summed E-state index contributed by atoms with van der Waals surface area (Å²) in [7, 11) is -7.18. The van der Waals surface area contributed by atoms with Crippen LogP contribution in [0.25, 0.3) is 0 Å². The lowest BCUT2D eigenvalue weighted by atomic mass is 9.96. The molecule has 2 aliphatic heterocycles. The lowest BCUT2D eigenvalue weighted by Crippen LogP contribution is -2.51. The first kappa shape index (κ1) is 19.8. The second kappa shape index (κ2) is 7.57. The molecule has 1 aromatic rings. The molecule has 2 aliphatic rings. The fourth-order valence-corrected chi connectivity index (χ4v) is 9.82. The van der Waals surface area contributed by atoms with Crippen LogP contribution in [0.2, 0.25) is 0 Å². The van der Waals surface area contributed by atoms with Gasteiger partial charge in [-0.15, -0.1) is 11.3 Å². The number of esters is 1. The summed E-state index contributed by atoms with van der Waals surface area (Å²) in [5.41, 5.74) is 0. The second-order valence-electron chi connectivity index (χ2n) is 6.75. The molecule has 2 fully saturated rings. The summed E-state index contributed by atoms with van der Waals surface area (Å²) in [6.45, 7) is 2.97. The third-order valence-electron chi connectivity index (χ3n) is 4.99. The monoisotopic (exact) mass is 421 g/mol. The Balaban J connectivity index is 1.86. The number of likely N-dealkylation sites (tertiary alicyclic amines) is 1. The number of ether oxygens (including phenoxy) is 1. The van der Waals surface area contributed by atoms with E-state index in [9.17, 15) is 21.6 Å². The maximum absolute atomic E-state index is 13.0. The second-order valence-corrected chi connectivity index (χ2v) is 12.2. The molecule has 26 heavy (non-hydrogen) atoms. The van der Waals surface area contributed by atoms with Crippen LogP contribution < -0.4 is 0 Å². The molecular weight excluding hydrogens is 398 g/mol. The highest BCUT2D eigenvalue weighted by Gasteiger charge is 2.49. The number of piperidine rings is 1. The van der Waals surface area contributed by atoms with Crippen molar-refractivity contribution in [3.05, 3.63) is 17.5 Å². The number of hydrogen-bond acceptors (Lipinski definition) is 8. The maximum atomic E-state index is 13.0. The summed E-state index contributed by atoms with van der Waals surface area (Å²) in [6, 6.07) is 2.54. The van der Waals surface area contributed by atoms with Crippen molar-refractivity contribution in [2.75, 3.05) is 31.2 Å². The van der Waals surface area contributed by atoms with Crippen molar-refractivity contribution in [1.29, 1.82) is 0 Å². The quantitative estimate of drug-likeness (QED) is 0.653. The van der Waals surface area contributed by atoms with Crippen LogP contribution in [0.3, 0.4) is 0 Å². The van der Waals surface area contributed by atoms with E-state index in [2.05, 4.69) is 0 Å². The Morgan fingerprint density at radius 1 is 1.38 bits per heavy atom. The van der Waals surface area contributed by atoms with E-state index in [1.807, 2.05) is 4.90 Å². The van der Waals surface area contributed by atoms with Crippen molar-refractivity contribution in [2.24, 2.45) is 5.92 Å². The smallest absolute Gasteiger partial charge is 0.310 e. The van der Waals surface area contributed by atoms with Crippen molar-refractivity contribution in [3.8, 4) is 0 Å². The molecule has 0 saturated carbocycles. The molecule has 0 bridgehead atoms. The highest BCUT2D eigenvalue weighted by atomic mass is 32.2. The van der Waals surface area contributed by atoms with E-state index < -0.39 is 31.0 Å². The molecule has 0 aromatic carbocycles. The van der Waals surface area contributed by atoms with Gasteiger partial charge in [0.25, 0.3) is 0 Å². The molecule has 7 nitrogen and oxygen atoms in total. The number of thiophene rings is 1. The van der Waals surface area contributed by atoms with E-state index in [1.54, 1.807) is 18.4 Å². The van der Waals surface area contributed by atoms with Gasteiger partial charge in [-0.3, -0.25) is 9.69 Å². The summed E-state index contributed by atoms with van der Waals surface area (Å²) < 4.78 is 55.7. The van der Waals surface area contributed by atoms with E-state index in [1.165, 1.54) is 6.07 Å². The van der Waals surface area contributed by atoms with Gasteiger partial charge >= 0.3 is 5.97 Å². The predicted molar refractivity (Wildman–Crippen MR) is 98.7 cm³/mol. The van der Waals surface area contributed by atoms with Crippen LogP contribution in [-0.2, 0) is 29.2 Å². The van der Waals surface area contributed by atoms with Crippen LogP contribution in [0.4, 0.5) is 0 Å². The molecule has 3 atom stereocenters. The van der Waals surface area contributed by atoms with Crippen LogP contribution in [0.1, 0.15) is 19.8 Å². The van der Waals surface area contributed by atoms with Crippen LogP contribution >= 0.6 is 11.3 Å². The summed E-state index contributed by atoms with van der Waals surface area (Å²) in [6.07, 6.45) is 1.39. The average Bonchev–Trinajstić information content (AvgIpc) is 3.23. The number of carbonyl (C=O) groups is 1. The van der Waals surface area contributed by atoms with Gasteiger partial charge in [-0.2, -0.15) is 0 Å². The van der Waals surface area contributed by atoms with E-state index >= 15 is 0 Å². The Labute approximate surface area is 158 Å². The number of rotatable bonds is 5. The van der Waals surface area contributed by atoms with Gasteiger partial charge in [0.15, 0.2) is 19.7 Å². The highest BCUT2D eigenvalue weighted by molar-refractivity contribution is 7.97. The zero-order chi connectivity index (χ0) is 18.9. The predicted octanol–water partition coefficient (Wildman–Crippen LogP) is 0.963. The molecule has 1 aromatic heterocycles. The Hall–Kier alpha value is -0.970. The van der Waals surface area contributed by atoms with E-state index in [0.717, 1.165) is 11.3 Å². The number of nitrogens with zero attached hydrogens (tertiary/aromatic N) is 1. The number of sulfone groups is 2. The molecule has 3 rings (SSSR count). The minimum atomic E-state index is -3.73. The minimum absolute atomic E-state index is 0.183. The zero-order valence-corrected chi connectivity index (χ0v) is 17.0. The summed E-state index contributed by atoms with van der Waals surface area (Å²) in [4.78, 5) is 13.9. The molecule has 0 spiro atoms. The minimum Gasteiger partial charge on any atom is -0.466 e. The molecule has 10 heteroatoms. The summed E-state index contributed by atoms with van der Waals surface area (Å²) in [5.74, 6) is -1.18. The van der Waals surface area contributed by atoms with Gasteiger partial charge in [-0.1, -0.05) is 6.07 Å². The SMILES string of the molecule is CCOC(=O)C1CCCN([C@H]2CS(=O)(=O)C[C@@H]2S(=O)(=O)c2cccs2)C1. The van der Waals surface area contributed by atoms with Gasteiger partial charge in [-0.25, -0.2) is 16.8 Å². The first-order chi connectivity index (χ1) is 12.2. The molecule has 0 aliphatic carbocycles. The molecule has 1 unspecified atom stereocenters. The van der Waals surface area contributed by atoms with Gasteiger partial charge < -0.3 is 4.74 Å². The molecule has 146 valence electrons. The van der Waals surface area contributed by atoms with Gasteiger partial charge in [0, 0.05) is 12.6 Å². The van der Waals surface area contributed by atoms with Crippen molar-refractivity contribution in [3.63, 3.8) is 0 Å². The van der Waals surface area contributed by atoms with Gasteiger partial charge in [-0.05, 0) is 37.8 Å². The lowest BCUT2D eigenvalue weighted by Gasteiger charge is -2.37. The molecule has 2 saturated heterocycles. The fraction of sp³-hybridized carbons (Fsp3) is 0.688. The fourth-order valence-electron chi connectivity index (χ4n) is 3.77. The summed E-state index contributed by atoms with van der Waals surface area (Å²) >= 11 is 1.10. The first-order valence-corrected chi connectivity index (χ1v) is 12.9. The third-order valence-corrected chi connectivity index (χ3v) is 10.5. The van der Waals surface area contributed by atoms with Crippen LogP contribution in [0.15, 0.2) is 21.7 Å². The summed E-state index contributed by atoms with van der Waals surface area (Å²) in [5, 5.41) is 0.676. The van der Waals surface area contributed by atoms with Crippen molar-refractivity contribution < 1.29 is 26.4 Å². The molecule has 0 N–H and O–H groups in total. The molecular formula is C16H23NO6S3. The van der Waals surface area contributed by atoms with Crippen LogP contribution in [-0.4, -0.2) is 70.2 Å². The van der Waals surface area contributed by atoms with Crippen LogP contribution in [0, 0.1) is 5.92 Å². The normalized spacial score (nSPS) is 29.5. The van der Waals surface area contributed by atoms with E-state index in [-0.39, 0.29) is 27.6 Å². The average molecular weight is 422 g/mol. The topological polar surface area (TPSA) is 97.8 Å². The van der Waals surface area contributed by atoms with Crippen molar-refractivity contribution >= 4 is 37.0 Å². The Morgan fingerprint density at radius 3 is 2.81 bits per heavy atom. The van der Waals surface area contributed by atoms with Gasteiger partial charge in [0.1, 0.15) is 4.21 Å². The van der Waals surface area contributed by atoms with Gasteiger partial charge in [0.05, 0.1) is 29.3 Å². The lowest BCUT2D eigenvalue weighted by molar-refractivity contribution is -0.150. The standard InChI is InChI=1S/C16H23NO6S3/c1-2-23-16(18)12-5-3-7-17(9-12)13-10-25(19,20)11-14(13)26(21,22)15-6-4-8-24-15/h4,6,8,12-14H,2-3,5,7,9-11H2,1H3/t12?,13-,14-/m0/s1. The van der Waals surface area contributed by atoms with Crippen molar-refractivity contribution in [2.45, 2.75) is 35.3 Å². The van der Waals surface area contributed by atoms with E-state index in [0.29, 0.717) is 32.5 Å². The molecule has 0 radical (unpaired) electrons. The highest BCUT2D eigenvalue weighted by Crippen LogP contribution is 2.33. The molecule has 3 heterocycles. The number of carbonyl (C=O) groups excluding carboxylic acids is 1. The maximum Gasteiger partial charge on any atom is 0.310 e. The van der Waals surface area contributed by atoms with E-state index in [4.69, 9.17) is 4.74 Å². The Morgan fingerprint density at radius 2 is 2.15 bits per heavy atom. The molecule has 0 amide bonds.